The predicted octanol–water partition coefficient (Wildman–Crippen LogP) is 5.05. The Kier molecular flexibility index (Phi) is 7.66. The lowest BCUT2D eigenvalue weighted by Crippen LogP contribution is -2.33. The zero-order valence-electron chi connectivity index (χ0n) is 19.0. The highest BCUT2D eigenvalue weighted by Crippen LogP contribution is 2.33. The van der Waals surface area contributed by atoms with Crippen LogP contribution in [-0.2, 0) is 11.3 Å². The molecule has 0 aliphatic rings. The number of nitro groups is 1. The number of amides is 1. The molecule has 0 saturated carbocycles. The van der Waals surface area contributed by atoms with Crippen molar-refractivity contribution in [3.8, 4) is 5.75 Å². The molecular weight excluding hydrogens is 424 g/mol. The smallest absolute Gasteiger partial charge is 0.407 e. The van der Waals surface area contributed by atoms with Crippen molar-refractivity contribution in [2.75, 3.05) is 18.4 Å². The van der Waals surface area contributed by atoms with Crippen LogP contribution in [0.25, 0.3) is 10.9 Å². The number of nitrogens with zero attached hydrogens (tertiary/aromatic N) is 2. The fourth-order valence-electron chi connectivity index (χ4n) is 3.12. The lowest BCUT2D eigenvalue weighted by Gasteiger charge is -2.19. The predicted molar refractivity (Wildman–Crippen MR) is 127 cm³/mol. The van der Waals surface area contributed by atoms with Gasteiger partial charge in [0.05, 0.1) is 10.4 Å². The topological polar surface area (TPSA) is 116 Å². The molecule has 0 saturated heterocycles. The van der Waals surface area contributed by atoms with Gasteiger partial charge in [0.1, 0.15) is 29.8 Å². The Morgan fingerprint density at radius 2 is 1.88 bits per heavy atom. The maximum Gasteiger partial charge on any atom is 0.407 e. The minimum Gasteiger partial charge on any atom is -0.489 e. The molecule has 0 atom stereocenters. The average molecular weight is 453 g/mol. The first-order chi connectivity index (χ1) is 15.7. The molecule has 1 amide bonds. The van der Waals surface area contributed by atoms with Crippen molar-refractivity contribution in [3.63, 3.8) is 0 Å². The molecule has 0 aliphatic carbocycles. The van der Waals surface area contributed by atoms with Crippen LogP contribution in [0.4, 0.5) is 16.2 Å². The summed E-state index contributed by atoms with van der Waals surface area (Å²) in [4.78, 5) is 27.0. The summed E-state index contributed by atoms with van der Waals surface area (Å²) in [6, 6.07) is 15.1. The lowest BCUT2D eigenvalue weighted by atomic mass is 10.1. The Bertz CT molecular complexity index is 1110. The van der Waals surface area contributed by atoms with Crippen LogP contribution in [0, 0.1) is 10.1 Å². The number of carbonyl (C=O) groups excluding carboxylic acids is 1. The van der Waals surface area contributed by atoms with Crippen molar-refractivity contribution < 1.29 is 19.2 Å². The maximum absolute atomic E-state index is 11.7. The van der Waals surface area contributed by atoms with Gasteiger partial charge in [0.2, 0.25) is 0 Å². The number of hydrogen-bond acceptors (Lipinski definition) is 7. The summed E-state index contributed by atoms with van der Waals surface area (Å²) in [7, 11) is 0. The van der Waals surface area contributed by atoms with E-state index in [9.17, 15) is 14.9 Å². The zero-order valence-corrected chi connectivity index (χ0v) is 19.0. The van der Waals surface area contributed by atoms with Crippen LogP contribution in [-0.4, -0.2) is 34.7 Å². The van der Waals surface area contributed by atoms with Crippen molar-refractivity contribution in [3.05, 3.63) is 70.4 Å². The second-order valence-electron chi connectivity index (χ2n) is 8.44. The van der Waals surface area contributed by atoms with Gasteiger partial charge >= 0.3 is 11.8 Å². The third-order valence-electron chi connectivity index (χ3n) is 4.59. The Morgan fingerprint density at radius 3 is 2.58 bits per heavy atom. The normalized spacial score (nSPS) is 11.1. The molecule has 3 aromatic rings. The van der Waals surface area contributed by atoms with Gasteiger partial charge < -0.3 is 20.1 Å². The van der Waals surface area contributed by atoms with Crippen LogP contribution in [0.15, 0.2) is 54.7 Å². The largest absolute Gasteiger partial charge is 0.489 e. The Balaban J connectivity index is 1.65. The van der Waals surface area contributed by atoms with E-state index >= 15 is 0 Å². The molecule has 3 rings (SSSR count). The van der Waals surface area contributed by atoms with Crippen molar-refractivity contribution >= 4 is 28.4 Å². The number of fused-ring (bicyclic) bond motifs is 1. The van der Waals surface area contributed by atoms with E-state index in [2.05, 4.69) is 15.6 Å². The number of anilines is 1. The molecule has 0 fully saturated rings. The highest BCUT2D eigenvalue weighted by molar-refractivity contribution is 5.96. The zero-order chi connectivity index (χ0) is 23.8. The molecule has 2 N–H and O–H groups in total. The monoisotopic (exact) mass is 452 g/mol. The van der Waals surface area contributed by atoms with Gasteiger partial charge in [0.15, 0.2) is 0 Å². The van der Waals surface area contributed by atoms with Gasteiger partial charge in [-0.2, -0.15) is 0 Å². The van der Waals surface area contributed by atoms with Crippen LogP contribution in [0.5, 0.6) is 5.75 Å². The van der Waals surface area contributed by atoms with Gasteiger partial charge in [-0.25, -0.2) is 9.78 Å². The molecule has 0 bridgehead atoms. The van der Waals surface area contributed by atoms with Crippen LogP contribution in [0.2, 0.25) is 0 Å². The standard InChI is InChI=1S/C24H28N4O5/c1-24(2,3)33-23(29)26-13-7-12-25-22-19-11-10-18(32-16-17-8-5-4-6-9-17)14-20(19)27-15-21(22)28(30)31/h4-6,8-11,14-15H,7,12-13,16H2,1-3H3,(H,25,27)(H,26,29). The molecule has 0 radical (unpaired) electrons. The first-order valence-electron chi connectivity index (χ1n) is 10.7. The third kappa shape index (κ3) is 7.06. The van der Waals surface area contributed by atoms with E-state index in [1.807, 2.05) is 30.3 Å². The van der Waals surface area contributed by atoms with E-state index in [1.54, 1.807) is 39.0 Å². The summed E-state index contributed by atoms with van der Waals surface area (Å²) in [5.41, 5.74) is 1.33. The Labute approximate surface area is 192 Å². The van der Waals surface area contributed by atoms with Crippen LogP contribution in [0.3, 0.4) is 0 Å². The van der Waals surface area contributed by atoms with E-state index in [0.717, 1.165) is 5.56 Å². The summed E-state index contributed by atoms with van der Waals surface area (Å²) in [5, 5.41) is 17.9. The van der Waals surface area contributed by atoms with Crippen molar-refractivity contribution in [2.24, 2.45) is 0 Å². The highest BCUT2D eigenvalue weighted by atomic mass is 16.6. The van der Waals surface area contributed by atoms with Gasteiger partial charge in [0.25, 0.3) is 0 Å². The summed E-state index contributed by atoms with van der Waals surface area (Å²) in [5.74, 6) is 0.625. The molecule has 1 aromatic heterocycles. The summed E-state index contributed by atoms with van der Waals surface area (Å²) < 4.78 is 11.0. The number of aromatic nitrogens is 1. The number of rotatable bonds is 9. The molecule has 174 valence electrons. The second-order valence-corrected chi connectivity index (χ2v) is 8.44. The number of ether oxygens (including phenoxy) is 2. The van der Waals surface area contributed by atoms with Crippen LogP contribution < -0.4 is 15.4 Å². The van der Waals surface area contributed by atoms with Crippen LogP contribution >= 0.6 is 0 Å². The molecular formula is C24H28N4O5. The number of nitrogens with one attached hydrogen (secondary N) is 2. The quantitative estimate of drug-likeness (QED) is 0.265. The van der Waals surface area contributed by atoms with E-state index < -0.39 is 16.6 Å². The number of carbonyl (C=O) groups is 1. The maximum atomic E-state index is 11.7. The molecule has 33 heavy (non-hydrogen) atoms. The number of alkyl carbamates (subject to hydrolysis) is 1. The molecule has 9 nitrogen and oxygen atoms in total. The molecule has 0 unspecified atom stereocenters. The van der Waals surface area contributed by atoms with Crippen molar-refractivity contribution in [2.45, 2.75) is 39.4 Å². The van der Waals surface area contributed by atoms with Gasteiger partial charge in [-0.15, -0.1) is 0 Å². The molecule has 0 aliphatic heterocycles. The summed E-state index contributed by atoms with van der Waals surface area (Å²) in [6.07, 6.45) is 1.30. The number of pyridine rings is 1. The third-order valence-corrected chi connectivity index (χ3v) is 4.59. The Hall–Kier alpha value is -3.88. The fraction of sp³-hybridized carbons (Fsp3) is 0.333. The van der Waals surface area contributed by atoms with Gasteiger partial charge in [-0.1, -0.05) is 30.3 Å². The molecule has 9 heteroatoms. The van der Waals surface area contributed by atoms with Crippen molar-refractivity contribution in [1.29, 1.82) is 0 Å². The fourth-order valence-corrected chi connectivity index (χ4v) is 3.12. The number of benzene rings is 2. The number of hydrogen-bond donors (Lipinski definition) is 2. The SMILES string of the molecule is CC(C)(C)OC(=O)NCCCNc1c([N+](=O)[O-])cnc2cc(OCc3ccccc3)ccc12. The minimum absolute atomic E-state index is 0.111. The summed E-state index contributed by atoms with van der Waals surface area (Å²) in [6.45, 7) is 6.58. The second kappa shape index (κ2) is 10.6. The Morgan fingerprint density at radius 1 is 1.12 bits per heavy atom. The van der Waals surface area contributed by atoms with E-state index in [1.165, 1.54) is 6.20 Å². The molecule has 0 spiro atoms. The average Bonchev–Trinajstić information content (AvgIpc) is 2.76. The first-order valence-corrected chi connectivity index (χ1v) is 10.7. The van der Waals surface area contributed by atoms with Crippen molar-refractivity contribution in [1.82, 2.24) is 10.3 Å². The van der Waals surface area contributed by atoms with Gasteiger partial charge in [-0.3, -0.25) is 10.1 Å². The molecule has 2 aromatic carbocycles. The van der Waals surface area contributed by atoms with E-state index in [-0.39, 0.29) is 5.69 Å². The van der Waals surface area contributed by atoms with E-state index in [4.69, 9.17) is 9.47 Å². The summed E-state index contributed by atoms with van der Waals surface area (Å²) >= 11 is 0. The lowest BCUT2D eigenvalue weighted by molar-refractivity contribution is -0.384. The minimum atomic E-state index is -0.567. The van der Waals surface area contributed by atoms with Gasteiger partial charge in [-0.05, 0) is 44.9 Å². The molecule has 1 heterocycles. The van der Waals surface area contributed by atoms with Gasteiger partial charge in [0, 0.05) is 24.5 Å². The van der Waals surface area contributed by atoms with Crippen LogP contribution in [0.1, 0.15) is 32.8 Å². The van der Waals surface area contributed by atoms with E-state index in [0.29, 0.717) is 48.5 Å². The first kappa shape index (κ1) is 23.8. The highest BCUT2D eigenvalue weighted by Gasteiger charge is 2.19.